The Hall–Kier alpha value is -0.610. The first kappa shape index (κ1) is 5.20. The summed E-state index contributed by atoms with van der Waals surface area (Å²) in [7, 11) is 0. The minimum absolute atomic E-state index is 0.836. The number of fused-ring (bicyclic) bond motifs is 1. The monoisotopic (exact) mass is 141 g/mol. The Morgan fingerprint density at radius 1 is 1.78 bits per heavy atom. The van der Waals surface area contributed by atoms with E-state index in [1.807, 2.05) is 16.5 Å². The Bertz CT molecular complexity index is 178. The van der Waals surface area contributed by atoms with Crippen molar-refractivity contribution in [3.05, 3.63) is 24.1 Å². The molecule has 0 aromatic rings. The molecule has 0 unspecified atom stereocenters. The second kappa shape index (κ2) is 1.97. The van der Waals surface area contributed by atoms with E-state index in [1.165, 1.54) is 12.1 Å². The van der Waals surface area contributed by atoms with Crippen LogP contribution in [-0.2, 0) is 4.84 Å². The molecule has 1 fully saturated rings. The van der Waals surface area contributed by atoms with Gasteiger partial charge >= 0.3 is 0 Å². The van der Waals surface area contributed by atoms with Crippen molar-refractivity contribution in [1.29, 1.82) is 0 Å². The van der Waals surface area contributed by atoms with E-state index in [0.717, 1.165) is 12.4 Å². The van der Waals surface area contributed by atoms with Gasteiger partial charge in [-0.1, -0.05) is 12.2 Å². The number of hydrogen-bond acceptors (Lipinski definition) is 3. The maximum absolute atomic E-state index is 4.88. The molecule has 0 amide bonds. The normalized spacial score (nSPS) is 23.1. The van der Waals surface area contributed by atoms with Crippen LogP contribution in [0, 0.1) is 0 Å². The number of rotatable bonds is 0. The highest BCUT2D eigenvalue weighted by atomic mass is 32.2. The molecule has 0 aromatic heterocycles. The fourth-order valence-corrected chi connectivity index (χ4v) is 1.24. The fraction of sp³-hybridized carbons (Fsp3) is 0.200. The van der Waals surface area contributed by atoms with Gasteiger partial charge in [0.1, 0.15) is 12.1 Å². The number of nitrogens with zero attached hydrogens (tertiary/aromatic N) is 2. The second-order valence-electron chi connectivity index (χ2n) is 1.74. The van der Waals surface area contributed by atoms with Gasteiger partial charge in [-0.25, -0.2) is 0 Å². The van der Waals surface area contributed by atoms with Gasteiger partial charge in [0.05, 0.1) is 11.4 Å². The van der Waals surface area contributed by atoms with E-state index in [2.05, 4.69) is 11.0 Å². The van der Waals surface area contributed by atoms with Crippen molar-refractivity contribution >= 4 is 12.1 Å². The van der Waals surface area contributed by atoms with E-state index in [0.29, 0.717) is 0 Å². The quantitative estimate of drug-likeness (QED) is 0.467. The molecule has 0 spiro atoms. The lowest BCUT2D eigenvalue weighted by Crippen LogP contribution is -2.11. The highest BCUT2D eigenvalue weighted by Crippen LogP contribution is 2.25. The van der Waals surface area contributed by atoms with Gasteiger partial charge in [-0.2, -0.15) is 0 Å². The van der Waals surface area contributed by atoms with Gasteiger partial charge in [0.15, 0.2) is 0 Å². The molecule has 2 aliphatic rings. The summed E-state index contributed by atoms with van der Waals surface area (Å²) in [5.74, 6) is 0.836. The van der Waals surface area contributed by atoms with Crippen LogP contribution in [-0.4, -0.2) is 10.8 Å². The van der Waals surface area contributed by atoms with E-state index < -0.39 is 0 Å². The lowest BCUT2D eigenvalue weighted by molar-refractivity contribution is 0.156. The van der Waals surface area contributed by atoms with Crippen molar-refractivity contribution in [2.75, 3.05) is 6.54 Å². The molecular formula is C5H5N2OS. The zero-order valence-corrected chi connectivity index (χ0v) is 5.47. The van der Waals surface area contributed by atoms with Crippen LogP contribution in [0.15, 0.2) is 24.1 Å². The maximum Gasteiger partial charge on any atom is 0.229 e. The van der Waals surface area contributed by atoms with Gasteiger partial charge in [-0.3, -0.25) is 4.31 Å². The Morgan fingerprint density at radius 2 is 2.78 bits per heavy atom. The van der Waals surface area contributed by atoms with Crippen molar-refractivity contribution < 1.29 is 4.84 Å². The third kappa shape index (κ3) is 0.799. The van der Waals surface area contributed by atoms with Gasteiger partial charge in [-0.15, -0.1) is 0 Å². The molecule has 2 aliphatic heterocycles. The molecule has 3 nitrogen and oxygen atoms in total. The van der Waals surface area contributed by atoms with E-state index in [1.54, 1.807) is 0 Å². The SMILES string of the molecule is C1=CCN2S[N]OC2=C1. The molecule has 1 radical (unpaired) electrons. The summed E-state index contributed by atoms with van der Waals surface area (Å²) < 4.78 is 1.97. The highest BCUT2D eigenvalue weighted by Gasteiger charge is 2.21. The molecule has 0 bridgehead atoms. The third-order valence-corrected chi connectivity index (χ3v) is 1.82. The highest BCUT2D eigenvalue weighted by molar-refractivity contribution is 7.95. The zero-order valence-electron chi connectivity index (χ0n) is 4.65. The van der Waals surface area contributed by atoms with Crippen molar-refractivity contribution in [3.8, 4) is 0 Å². The Labute approximate surface area is 57.6 Å². The summed E-state index contributed by atoms with van der Waals surface area (Å²) >= 11 is 1.34. The van der Waals surface area contributed by atoms with E-state index in [4.69, 9.17) is 4.84 Å². The summed E-state index contributed by atoms with van der Waals surface area (Å²) in [6.07, 6.45) is 5.92. The Morgan fingerprint density at radius 3 is 3.67 bits per heavy atom. The van der Waals surface area contributed by atoms with E-state index >= 15 is 0 Å². The Balaban J connectivity index is 2.23. The summed E-state index contributed by atoms with van der Waals surface area (Å²) in [6, 6.07) is 0. The first-order valence-electron chi connectivity index (χ1n) is 2.66. The molecule has 0 aromatic carbocycles. The molecule has 1 saturated heterocycles. The average Bonchev–Trinajstić information content (AvgIpc) is 2.33. The molecule has 47 valence electrons. The molecule has 2 rings (SSSR count). The molecule has 9 heavy (non-hydrogen) atoms. The van der Waals surface area contributed by atoms with E-state index in [-0.39, 0.29) is 0 Å². The lowest BCUT2D eigenvalue weighted by atomic mass is 10.4. The summed E-state index contributed by atoms with van der Waals surface area (Å²) in [6.45, 7) is 0.889. The second-order valence-corrected chi connectivity index (χ2v) is 2.49. The minimum atomic E-state index is 0.836. The van der Waals surface area contributed by atoms with Gasteiger partial charge in [0, 0.05) is 6.08 Å². The predicted octanol–water partition coefficient (Wildman–Crippen LogP) is 0.812. The largest absolute Gasteiger partial charge is 0.355 e. The van der Waals surface area contributed by atoms with Gasteiger partial charge < -0.3 is 4.84 Å². The topological polar surface area (TPSA) is 26.6 Å². The van der Waals surface area contributed by atoms with Gasteiger partial charge in [0.2, 0.25) is 5.88 Å². The average molecular weight is 141 g/mol. The Kier molecular flexibility index (Phi) is 1.13. The summed E-state index contributed by atoms with van der Waals surface area (Å²) in [5, 5.41) is 0. The molecule has 0 atom stereocenters. The molecule has 0 N–H and O–H groups in total. The molecule has 0 aliphatic carbocycles. The van der Waals surface area contributed by atoms with E-state index in [9.17, 15) is 0 Å². The molecular weight excluding hydrogens is 136 g/mol. The molecule has 0 saturated carbocycles. The first-order valence-corrected chi connectivity index (χ1v) is 3.39. The van der Waals surface area contributed by atoms with Crippen LogP contribution in [0.2, 0.25) is 0 Å². The lowest BCUT2D eigenvalue weighted by Gasteiger charge is -2.11. The van der Waals surface area contributed by atoms with Crippen LogP contribution < -0.4 is 4.89 Å². The molecule has 2 heterocycles. The zero-order chi connectivity index (χ0) is 6.10. The summed E-state index contributed by atoms with van der Waals surface area (Å²) in [4.78, 5) is 8.54. The van der Waals surface area contributed by atoms with Crippen LogP contribution in [0.4, 0.5) is 0 Å². The number of allylic oxidation sites excluding steroid dienone is 2. The van der Waals surface area contributed by atoms with Gasteiger partial charge in [0.25, 0.3) is 0 Å². The van der Waals surface area contributed by atoms with Gasteiger partial charge in [-0.05, 0) is 0 Å². The van der Waals surface area contributed by atoms with Crippen molar-refractivity contribution in [3.63, 3.8) is 0 Å². The fourth-order valence-electron chi connectivity index (χ4n) is 0.725. The van der Waals surface area contributed by atoms with Crippen LogP contribution in [0.3, 0.4) is 0 Å². The standard InChI is InChI=1S/C5H5N2OS/c1-2-4-7-5(3-1)8-6-9-7/h1-3H,4H2. The van der Waals surface area contributed by atoms with Crippen LogP contribution in [0.5, 0.6) is 0 Å². The summed E-state index contributed by atoms with van der Waals surface area (Å²) in [5.41, 5.74) is 0. The van der Waals surface area contributed by atoms with Crippen molar-refractivity contribution in [2.24, 2.45) is 0 Å². The third-order valence-electron chi connectivity index (χ3n) is 1.15. The first-order chi connectivity index (χ1) is 4.47. The smallest absolute Gasteiger partial charge is 0.229 e. The predicted molar refractivity (Wildman–Crippen MR) is 34.7 cm³/mol. The van der Waals surface area contributed by atoms with Crippen LogP contribution in [0.1, 0.15) is 0 Å². The molecule has 4 heteroatoms. The van der Waals surface area contributed by atoms with Crippen LogP contribution >= 0.6 is 12.1 Å². The maximum atomic E-state index is 4.88. The van der Waals surface area contributed by atoms with Crippen molar-refractivity contribution in [2.45, 2.75) is 0 Å². The number of hydrogen-bond donors (Lipinski definition) is 0. The van der Waals surface area contributed by atoms with Crippen molar-refractivity contribution in [1.82, 2.24) is 9.19 Å². The van der Waals surface area contributed by atoms with Crippen LogP contribution in [0.25, 0.3) is 0 Å². The minimum Gasteiger partial charge on any atom is -0.355 e.